The van der Waals surface area contributed by atoms with E-state index in [1.165, 1.54) is 28.7 Å². The highest BCUT2D eigenvalue weighted by Gasteiger charge is 2.30. The summed E-state index contributed by atoms with van der Waals surface area (Å²) in [4.78, 5) is 12.1. The number of hydrogen-bond acceptors (Lipinski definition) is 3. The zero-order chi connectivity index (χ0) is 19.7. The molecule has 1 aliphatic rings. The predicted octanol–water partition coefficient (Wildman–Crippen LogP) is 3.09. The minimum atomic E-state index is -4.49. The number of pyridine rings is 1. The fraction of sp³-hybridized carbons (Fsp3) is 0.389. The molecule has 0 spiro atoms. The lowest BCUT2D eigenvalue weighted by Crippen LogP contribution is -2.36. The van der Waals surface area contributed by atoms with Crippen molar-refractivity contribution in [2.24, 2.45) is 0 Å². The summed E-state index contributed by atoms with van der Waals surface area (Å²) in [6, 6.07) is 7.01. The van der Waals surface area contributed by atoms with Gasteiger partial charge in [-0.2, -0.15) is 17.5 Å². The molecule has 1 aromatic heterocycles. The van der Waals surface area contributed by atoms with Crippen molar-refractivity contribution in [1.82, 2.24) is 8.87 Å². The normalized spacial score (nSPS) is 16.4. The second-order valence-corrected chi connectivity index (χ2v) is 8.43. The average Bonchev–Trinajstić information content (AvgIpc) is 2.64. The Hall–Kier alpha value is -2.13. The van der Waals surface area contributed by atoms with E-state index in [0.29, 0.717) is 13.1 Å². The molecule has 146 valence electrons. The van der Waals surface area contributed by atoms with E-state index in [-0.39, 0.29) is 17.0 Å². The number of aromatic nitrogens is 1. The third-order valence-corrected chi connectivity index (χ3v) is 6.40. The molecule has 2 heterocycles. The molecule has 0 saturated carbocycles. The van der Waals surface area contributed by atoms with E-state index in [9.17, 15) is 26.4 Å². The lowest BCUT2D eigenvalue weighted by molar-refractivity contribution is -0.137. The molecule has 1 saturated heterocycles. The molecular formula is C18H19F3N2O3S. The van der Waals surface area contributed by atoms with Crippen molar-refractivity contribution in [1.29, 1.82) is 0 Å². The Bertz CT molecular complexity index is 978. The van der Waals surface area contributed by atoms with Crippen LogP contribution in [0.25, 0.3) is 0 Å². The summed E-state index contributed by atoms with van der Waals surface area (Å²) in [6.07, 6.45) is -0.750. The molecular weight excluding hydrogens is 381 g/mol. The van der Waals surface area contributed by atoms with Crippen LogP contribution in [0.1, 0.15) is 30.4 Å². The van der Waals surface area contributed by atoms with E-state index in [2.05, 4.69) is 0 Å². The molecule has 0 unspecified atom stereocenters. The molecule has 0 atom stereocenters. The number of alkyl halides is 3. The molecule has 1 fully saturated rings. The Morgan fingerprint density at radius 3 is 2.37 bits per heavy atom. The highest BCUT2D eigenvalue weighted by Crippen LogP contribution is 2.29. The van der Waals surface area contributed by atoms with Crippen molar-refractivity contribution in [3.05, 3.63) is 64.1 Å². The standard InChI is InChI=1S/C18H19F3N2O3S/c19-18(20,21)15-6-4-5-14(11-15)12-22-13-16(7-8-17(22)24)27(25,26)23-9-2-1-3-10-23/h4-8,11,13H,1-3,9-10,12H2. The maximum absolute atomic E-state index is 12.9. The van der Waals surface area contributed by atoms with Gasteiger partial charge in [0.25, 0.3) is 5.56 Å². The highest BCUT2D eigenvalue weighted by molar-refractivity contribution is 7.89. The highest BCUT2D eigenvalue weighted by atomic mass is 32.2. The maximum Gasteiger partial charge on any atom is 0.416 e. The van der Waals surface area contributed by atoms with E-state index in [1.54, 1.807) is 0 Å². The Balaban J connectivity index is 1.91. The van der Waals surface area contributed by atoms with Gasteiger partial charge in [-0.25, -0.2) is 8.42 Å². The van der Waals surface area contributed by atoms with E-state index in [0.717, 1.165) is 42.0 Å². The summed E-state index contributed by atoms with van der Waals surface area (Å²) < 4.78 is 66.6. The Kier molecular flexibility index (Phi) is 5.43. The molecule has 27 heavy (non-hydrogen) atoms. The van der Waals surface area contributed by atoms with Crippen molar-refractivity contribution in [2.45, 2.75) is 36.9 Å². The first-order valence-corrected chi connectivity index (χ1v) is 9.99. The fourth-order valence-corrected chi connectivity index (χ4v) is 4.62. The van der Waals surface area contributed by atoms with Crippen LogP contribution in [0.15, 0.2) is 52.3 Å². The summed E-state index contributed by atoms with van der Waals surface area (Å²) in [5.41, 5.74) is -1.03. The monoisotopic (exact) mass is 400 g/mol. The SMILES string of the molecule is O=c1ccc(S(=O)(=O)N2CCCCC2)cn1Cc1cccc(C(F)(F)F)c1. The van der Waals surface area contributed by atoms with Gasteiger partial charge >= 0.3 is 6.18 Å². The molecule has 9 heteroatoms. The Labute approximate surface area is 155 Å². The number of piperidine rings is 1. The van der Waals surface area contributed by atoms with Crippen LogP contribution >= 0.6 is 0 Å². The van der Waals surface area contributed by atoms with Crippen molar-refractivity contribution < 1.29 is 21.6 Å². The first-order chi connectivity index (χ1) is 12.7. The number of nitrogens with zero attached hydrogens (tertiary/aromatic N) is 2. The van der Waals surface area contributed by atoms with Gasteiger partial charge < -0.3 is 4.57 Å². The van der Waals surface area contributed by atoms with Crippen molar-refractivity contribution in [3.8, 4) is 0 Å². The topological polar surface area (TPSA) is 59.4 Å². The second kappa shape index (κ2) is 7.47. The van der Waals surface area contributed by atoms with Gasteiger partial charge in [0.1, 0.15) is 0 Å². The van der Waals surface area contributed by atoms with Crippen LogP contribution in [-0.4, -0.2) is 30.4 Å². The summed E-state index contributed by atoms with van der Waals surface area (Å²) in [7, 11) is -3.73. The average molecular weight is 400 g/mol. The van der Waals surface area contributed by atoms with Crippen LogP contribution in [0.4, 0.5) is 13.2 Å². The molecule has 0 bridgehead atoms. The molecule has 1 aromatic carbocycles. The summed E-state index contributed by atoms with van der Waals surface area (Å²) in [5.74, 6) is 0. The zero-order valence-electron chi connectivity index (χ0n) is 14.4. The molecule has 0 aliphatic carbocycles. The lowest BCUT2D eigenvalue weighted by atomic mass is 10.1. The maximum atomic E-state index is 12.9. The number of halogens is 3. The summed E-state index contributed by atoms with van der Waals surface area (Å²) >= 11 is 0. The van der Waals surface area contributed by atoms with Crippen LogP contribution < -0.4 is 5.56 Å². The zero-order valence-corrected chi connectivity index (χ0v) is 15.3. The predicted molar refractivity (Wildman–Crippen MR) is 93.9 cm³/mol. The summed E-state index contributed by atoms with van der Waals surface area (Å²) in [5, 5.41) is 0. The van der Waals surface area contributed by atoms with Gasteiger partial charge in [-0.3, -0.25) is 4.79 Å². The number of rotatable bonds is 4. The third kappa shape index (κ3) is 4.41. The van der Waals surface area contributed by atoms with Gasteiger partial charge in [0.2, 0.25) is 10.0 Å². The minimum absolute atomic E-state index is 0.0315. The van der Waals surface area contributed by atoms with Crippen LogP contribution in [0.5, 0.6) is 0 Å². The molecule has 0 N–H and O–H groups in total. The van der Waals surface area contributed by atoms with E-state index in [4.69, 9.17) is 0 Å². The quantitative estimate of drug-likeness (QED) is 0.793. The molecule has 5 nitrogen and oxygen atoms in total. The van der Waals surface area contributed by atoms with Crippen LogP contribution in [0.2, 0.25) is 0 Å². The second-order valence-electron chi connectivity index (χ2n) is 6.49. The van der Waals surface area contributed by atoms with Crippen molar-refractivity contribution in [3.63, 3.8) is 0 Å². The van der Waals surface area contributed by atoms with Crippen LogP contribution in [0.3, 0.4) is 0 Å². The fourth-order valence-electron chi connectivity index (χ4n) is 3.08. The van der Waals surface area contributed by atoms with Gasteiger partial charge in [0, 0.05) is 25.4 Å². The van der Waals surface area contributed by atoms with Gasteiger partial charge in [0.15, 0.2) is 0 Å². The summed E-state index contributed by atoms with van der Waals surface area (Å²) in [6.45, 7) is 0.705. The van der Waals surface area contributed by atoms with Gasteiger partial charge in [-0.15, -0.1) is 0 Å². The largest absolute Gasteiger partial charge is 0.416 e. The number of hydrogen-bond donors (Lipinski definition) is 0. The first-order valence-electron chi connectivity index (χ1n) is 8.55. The smallest absolute Gasteiger partial charge is 0.310 e. The molecule has 0 amide bonds. The van der Waals surface area contributed by atoms with Crippen molar-refractivity contribution >= 4 is 10.0 Å². The molecule has 0 radical (unpaired) electrons. The molecule has 3 rings (SSSR count). The van der Waals surface area contributed by atoms with E-state index in [1.807, 2.05) is 0 Å². The third-order valence-electron chi connectivity index (χ3n) is 4.52. The van der Waals surface area contributed by atoms with E-state index < -0.39 is 27.3 Å². The van der Waals surface area contributed by atoms with Crippen LogP contribution in [0, 0.1) is 0 Å². The first kappa shape index (κ1) is 19.6. The van der Waals surface area contributed by atoms with Crippen molar-refractivity contribution in [2.75, 3.05) is 13.1 Å². The van der Waals surface area contributed by atoms with Gasteiger partial charge in [-0.1, -0.05) is 18.6 Å². The van der Waals surface area contributed by atoms with Gasteiger partial charge in [-0.05, 0) is 36.6 Å². The molecule has 1 aliphatic heterocycles. The Morgan fingerprint density at radius 2 is 1.70 bits per heavy atom. The Morgan fingerprint density at radius 1 is 1.00 bits per heavy atom. The minimum Gasteiger partial charge on any atom is -0.310 e. The number of benzene rings is 1. The van der Waals surface area contributed by atoms with Crippen LogP contribution in [-0.2, 0) is 22.7 Å². The molecule has 2 aromatic rings. The van der Waals surface area contributed by atoms with E-state index >= 15 is 0 Å². The lowest BCUT2D eigenvalue weighted by Gasteiger charge is -2.26. The van der Waals surface area contributed by atoms with Gasteiger partial charge in [0.05, 0.1) is 17.0 Å². The number of sulfonamides is 1.